The molecule has 0 aliphatic heterocycles. The van der Waals surface area contributed by atoms with Gasteiger partial charge in [-0.05, 0) is 84.4 Å². The maximum Gasteiger partial charge on any atom is 0.319 e. The maximum atomic E-state index is 12.1. The first-order valence-electron chi connectivity index (χ1n) is 8.56. The van der Waals surface area contributed by atoms with Gasteiger partial charge in [-0.2, -0.15) is 0 Å². The zero-order valence-corrected chi connectivity index (χ0v) is 15.8. The van der Waals surface area contributed by atoms with Gasteiger partial charge >= 0.3 is 6.03 Å². The van der Waals surface area contributed by atoms with Gasteiger partial charge in [0.25, 0.3) is 0 Å². The minimum atomic E-state index is -0.0940. The van der Waals surface area contributed by atoms with Crippen LogP contribution in [0.1, 0.15) is 31.2 Å². The number of anilines is 1. The summed E-state index contributed by atoms with van der Waals surface area (Å²) in [6.07, 6.45) is 5.66. The molecule has 1 aliphatic carbocycles. The number of urea groups is 1. The lowest BCUT2D eigenvalue weighted by atomic mass is 9.82. The molecule has 0 heterocycles. The SMILES string of the molecule is O=C(Nc1cccc(I)c1)NC1CCC(Cc2ccccc2)CC1. The molecule has 1 fully saturated rings. The van der Waals surface area contributed by atoms with Crippen molar-refractivity contribution in [2.24, 2.45) is 5.92 Å². The fraction of sp³-hybridized carbons (Fsp3) is 0.350. The highest BCUT2D eigenvalue weighted by molar-refractivity contribution is 14.1. The molecule has 2 amide bonds. The number of hydrogen-bond acceptors (Lipinski definition) is 1. The standard InChI is InChI=1S/C20H23IN2O/c21-17-7-4-8-19(14-17)23-20(24)22-18-11-9-16(10-12-18)13-15-5-2-1-3-6-15/h1-8,14,16,18H,9-13H2,(H2,22,23,24). The summed E-state index contributed by atoms with van der Waals surface area (Å²) in [5, 5.41) is 6.04. The molecule has 2 aromatic carbocycles. The molecule has 24 heavy (non-hydrogen) atoms. The Morgan fingerprint density at radius 3 is 2.46 bits per heavy atom. The summed E-state index contributed by atoms with van der Waals surface area (Å²) >= 11 is 2.25. The Morgan fingerprint density at radius 1 is 1.00 bits per heavy atom. The van der Waals surface area contributed by atoms with Crippen molar-refractivity contribution in [1.82, 2.24) is 5.32 Å². The zero-order chi connectivity index (χ0) is 16.8. The Kier molecular flexibility index (Phi) is 6.12. The molecule has 0 unspecified atom stereocenters. The van der Waals surface area contributed by atoms with Crippen LogP contribution in [0.2, 0.25) is 0 Å². The van der Waals surface area contributed by atoms with Crippen molar-refractivity contribution in [3.8, 4) is 0 Å². The van der Waals surface area contributed by atoms with E-state index in [1.165, 1.54) is 18.4 Å². The highest BCUT2D eigenvalue weighted by Gasteiger charge is 2.22. The molecule has 0 spiro atoms. The summed E-state index contributed by atoms with van der Waals surface area (Å²) < 4.78 is 1.12. The van der Waals surface area contributed by atoms with Gasteiger partial charge < -0.3 is 10.6 Å². The predicted molar refractivity (Wildman–Crippen MR) is 107 cm³/mol. The van der Waals surface area contributed by atoms with Crippen LogP contribution >= 0.6 is 22.6 Å². The van der Waals surface area contributed by atoms with Crippen LogP contribution in [0.25, 0.3) is 0 Å². The van der Waals surface area contributed by atoms with E-state index in [-0.39, 0.29) is 6.03 Å². The minimum Gasteiger partial charge on any atom is -0.335 e. The molecule has 0 radical (unpaired) electrons. The number of nitrogens with one attached hydrogen (secondary N) is 2. The van der Waals surface area contributed by atoms with Crippen molar-refractivity contribution < 1.29 is 4.79 Å². The molecule has 2 N–H and O–H groups in total. The number of benzene rings is 2. The zero-order valence-electron chi connectivity index (χ0n) is 13.7. The van der Waals surface area contributed by atoms with Gasteiger partial charge in [0.05, 0.1) is 0 Å². The second kappa shape index (κ2) is 8.51. The van der Waals surface area contributed by atoms with Crippen LogP contribution in [0.5, 0.6) is 0 Å². The van der Waals surface area contributed by atoms with Gasteiger partial charge in [0.1, 0.15) is 0 Å². The van der Waals surface area contributed by atoms with E-state index in [4.69, 9.17) is 0 Å². The summed E-state index contributed by atoms with van der Waals surface area (Å²) in [7, 11) is 0. The molecule has 0 atom stereocenters. The molecule has 0 bridgehead atoms. The van der Waals surface area contributed by atoms with Crippen LogP contribution < -0.4 is 10.6 Å². The summed E-state index contributed by atoms with van der Waals surface area (Å²) in [5.74, 6) is 0.740. The van der Waals surface area contributed by atoms with Crippen LogP contribution in [0.15, 0.2) is 54.6 Å². The number of amides is 2. The average molecular weight is 434 g/mol. The van der Waals surface area contributed by atoms with E-state index in [1.807, 2.05) is 24.3 Å². The van der Waals surface area contributed by atoms with Gasteiger partial charge in [-0.1, -0.05) is 36.4 Å². The topological polar surface area (TPSA) is 41.1 Å². The minimum absolute atomic E-state index is 0.0940. The number of carbonyl (C=O) groups is 1. The van der Waals surface area contributed by atoms with Crippen LogP contribution in [0, 0.1) is 9.49 Å². The van der Waals surface area contributed by atoms with Crippen LogP contribution in [-0.4, -0.2) is 12.1 Å². The highest BCUT2D eigenvalue weighted by atomic mass is 127. The lowest BCUT2D eigenvalue weighted by Gasteiger charge is -2.29. The molecule has 4 heteroatoms. The predicted octanol–water partition coefficient (Wildman–Crippen LogP) is 5.21. The number of carbonyl (C=O) groups excluding carboxylic acids is 1. The van der Waals surface area contributed by atoms with E-state index in [1.54, 1.807) is 0 Å². The Bertz CT molecular complexity index is 666. The first-order chi connectivity index (χ1) is 11.7. The van der Waals surface area contributed by atoms with Gasteiger partial charge in [0, 0.05) is 15.3 Å². The van der Waals surface area contributed by atoms with Crippen molar-refractivity contribution >= 4 is 34.3 Å². The second-order valence-electron chi connectivity index (χ2n) is 6.52. The van der Waals surface area contributed by atoms with E-state index in [0.717, 1.165) is 34.4 Å². The molecule has 2 aromatic rings. The highest BCUT2D eigenvalue weighted by Crippen LogP contribution is 2.27. The van der Waals surface area contributed by atoms with Gasteiger partial charge in [0.15, 0.2) is 0 Å². The molecular formula is C20H23IN2O. The molecule has 126 valence electrons. The van der Waals surface area contributed by atoms with Gasteiger partial charge in [-0.25, -0.2) is 4.79 Å². The summed E-state index contributed by atoms with van der Waals surface area (Å²) in [4.78, 5) is 12.1. The molecule has 1 aliphatic rings. The summed E-state index contributed by atoms with van der Waals surface area (Å²) in [6.45, 7) is 0. The van der Waals surface area contributed by atoms with Crippen molar-refractivity contribution in [3.05, 3.63) is 63.7 Å². The maximum absolute atomic E-state index is 12.1. The fourth-order valence-corrected chi connectivity index (χ4v) is 3.92. The average Bonchev–Trinajstić information content (AvgIpc) is 2.57. The third-order valence-electron chi connectivity index (χ3n) is 4.63. The normalized spacial score (nSPS) is 20.4. The molecule has 0 saturated heterocycles. The van der Waals surface area contributed by atoms with E-state index in [9.17, 15) is 4.79 Å². The van der Waals surface area contributed by atoms with Crippen molar-refractivity contribution in [1.29, 1.82) is 0 Å². The lowest BCUT2D eigenvalue weighted by molar-refractivity contribution is 0.237. The Morgan fingerprint density at radius 2 is 1.75 bits per heavy atom. The number of halogens is 1. The lowest BCUT2D eigenvalue weighted by Crippen LogP contribution is -2.40. The molecule has 3 nitrogen and oxygen atoms in total. The molecular weight excluding hydrogens is 411 g/mol. The smallest absolute Gasteiger partial charge is 0.319 e. The molecule has 3 rings (SSSR count). The number of hydrogen-bond donors (Lipinski definition) is 2. The van der Waals surface area contributed by atoms with Crippen LogP contribution in [0.4, 0.5) is 10.5 Å². The van der Waals surface area contributed by atoms with Crippen LogP contribution in [-0.2, 0) is 6.42 Å². The molecule has 1 saturated carbocycles. The summed E-state index contributed by atoms with van der Waals surface area (Å²) in [5.41, 5.74) is 2.27. The first kappa shape index (κ1) is 17.3. The largest absolute Gasteiger partial charge is 0.335 e. The van der Waals surface area contributed by atoms with Gasteiger partial charge in [-0.3, -0.25) is 0 Å². The third kappa shape index (κ3) is 5.23. The Hall–Kier alpha value is -1.56. The fourth-order valence-electron chi connectivity index (χ4n) is 3.38. The first-order valence-corrected chi connectivity index (χ1v) is 9.64. The third-order valence-corrected chi connectivity index (χ3v) is 5.30. The summed E-state index contributed by atoms with van der Waals surface area (Å²) in [6, 6.07) is 18.7. The number of rotatable bonds is 4. The van der Waals surface area contributed by atoms with Crippen molar-refractivity contribution in [3.63, 3.8) is 0 Å². The Balaban J connectivity index is 1.42. The van der Waals surface area contributed by atoms with Gasteiger partial charge in [0.2, 0.25) is 0 Å². The van der Waals surface area contributed by atoms with Crippen molar-refractivity contribution in [2.45, 2.75) is 38.1 Å². The van der Waals surface area contributed by atoms with E-state index >= 15 is 0 Å². The monoisotopic (exact) mass is 434 g/mol. The Labute approximate surface area is 157 Å². The quantitative estimate of drug-likeness (QED) is 0.637. The van der Waals surface area contributed by atoms with Gasteiger partial charge in [-0.15, -0.1) is 0 Å². The second-order valence-corrected chi connectivity index (χ2v) is 7.76. The van der Waals surface area contributed by atoms with E-state index in [0.29, 0.717) is 6.04 Å². The van der Waals surface area contributed by atoms with Crippen LogP contribution in [0.3, 0.4) is 0 Å². The van der Waals surface area contributed by atoms with E-state index in [2.05, 4.69) is 63.6 Å². The molecule has 0 aromatic heterocycles. The van der Waals surface area contributed by atoms with E-state index < -0.39 is 0 Å². The van der Waals surface area contributed by atoms with Crippen molar-refractivity contribution in [2.75, 3.05) is 5.32 Å².